The van der Waals surface area contributed by atoms with E-state index in [1.54, 1.807) is 0 Å². The number of ether oxygens (including phenoxy) is 1. The van der Waals surface area contributed by atoms with Crippen LogP contribution in [0.5, 0.6) is 0 Å². The van der Waals surface area contributed by atoms with Gasteiger partial charge in [-0.3, -0.25) is 0 Å². The van der Waals surface area contributed by atoms with Gasteiger partial charge >= 0.3 is 0 Å². The maximum atomic E-state index is 5.65. The van der Waals surface area contributed by atoms with Crippen LogP contribution in [0.3, 0.4) is 0 Å². The predicted molar refractivity (Wildman–Crippen MR) is 67.5 cm³/mol. The molecule has 2 aliphatic rings. The second-order valence-electron chi connectivity index (χ2n) is 5.97. The topological polar surface area (TPSA) is 21.3 Å². The Morgan fingerprint density at radius 1 is 1.12 bits per heavy atom. The van der Waals surface area contributed by atoms with Gasteiger partial charge in [-0.15, -0.1) is 0 Å². The van der Waals surface area contributed by atoms with Crippen molar-refractivity contribution >= 4 is 0 Å². The Balaban J connectivity index is 1.53. The van der Waals surface area contributed by atoms with Gasteiger partial charge in [0.15, 0.2) is 0 Å². The first-order valence-corrected chi connectivity index (χ1v) is 7.07. The Morgan fingerprint density at radius 2 is 1.94 bits per heavy atom. The lowest BCUT2D eigenvalue weighted by molar-refractivity contribution is 0.117. The van der Waals surface area contributed by atoms with Gasteiger partial charge in [-0.25, -0.2) is 0 Å². The van der Waals surface area contributed by atoms with Gasteiger partial charge in [0, 0.05) is 19.2 Å². The van der Waals surface area contributed by atoms with Gasteiger partial charge in [-0.05, 0) is 43.4 Å². The highest BCUT2D eigenvalue weighted by Gasteiger charge is 2.25. The van der Waals surface area contributed by atoms with Crippen LogP contribution < -0.4 is 5.32 Å². The molecule has 0 saturated heterocycles. The molecule has 2 rings (SSSR count). The minimum absolute atomic E-state index is 0.730. The number of hydrogen-bond acceptors (Lipinski definition) is 2. The highest BCUT2D eigenvalue weighted by Crippen LogP contribution is 2.29. The smallest absolute Gasteiger partial charge is 0.0591 e. The lowest BCUT2D eigenvalue weighted by Gasteiger charge is -2.33. The van der Waals surface area contributed by atoms with E-state index in [0.29, 0.717) is 0 Å². The maximum absolute atomic E-state index is 5.65. The lowest BCUT2D eigenvalue weighted by atomic mass is 9.80. The molecule has 0 spiro atoms. The monoisotopic (exact) mass is 225 g/mol. The highest BCUT2D eigenvalue weighted by atomic mass is 16.5. The van der Waals surface area contributed by atoms with Crippen LogP contribution in [0, 0.1) is 17.8 Å². The van der Waals surface area contributed by atoms with Crippen molar-refractivity contribution in [3.8, 4) is 0 Å². The molecular formula is C14H27NO. The molecule has 0 bridgehead atoms. The third kappa shape index (κ3) is 4.06. The number of rotatable bonds is 6. The third-order valence-electron chi connectivity index (χ3n) is 4.16. The summed E-state index contributed by atoms with van der Waals surface area (Å²) in [5, 5.41) is 3.67. The second kappa shape index (κ2) is 6.02. The quantitative estimate of drug-likeness (QED) is 0.702. The number of nitrogens with one attached hydrogen (secondary N) is 1. The van der Waals surface area contributed by atoms with Gasteiger partial charge in [0.1, 0.15) is 0 Å². The summed E-state index contributed by atoms with van der Waals surface area (Å²) in [6.45, 7) is 7.69. The van der Waals surface area contributed by atoms with Crippen LogP contribution in [0.15, 0.2) is 0 Å². The fraction of sp³-hybridized carbons (Fsp3) is 1.00. The van der Waals surface area contributed by atoms with Crippen molar-refractivity contribution in [3.05, 3.63) is 0 Å². The molecule has 0 aromatic carbocycles. The SMILES string of the molecule is CC1CCC(C)C(NCCOCC2CC2)C1. The minimum Gasteiger partial charge on any atom is -0.380 e. The van der Waals surface area contributed by atoms with Gasteiger partial charge in [0.2, 0.25) is 0 Å². The molecule has 1 N–H and O–H groups in total. The zero-order valence-electron chi connectivity index (χ0n) is 10.9. The van der Waals surface area contributed by atoms with Gasteiger partial charge in [-0.1, -0.05) is 20.3 Å². The van der Waals surface area contributed by atoms with Crippen molar-refractivity contribution in [2.45, 2.75) is 52.0 Å². The van der Waals surface area contributed by atoms with Crippen LogP contribution in [0.4, 0.5) is 0 Å². The molecule has 2 heteroatoms. The fourth-order valence-electron chi connectivity index (χ4n) is 2.67. The minimum atomic E-state index is 0.730. The van der Waals surface area contributed by atoms with Gasteiger partial charge < -0.3 is 10.1 Å². The molecule has 0 radical (unpaired) electrons. The van der Waals surface area contributed by atoms with E-state index in [9.17, 15) is 0 Å². The molecule has 16 heavy (non-hydrogen) atoms. The Bertz CT molecular complexity index is 203. The summed E-state index contributed by atoms with van der Waals surface area (Å²) < 4.78 is 5.65. The first-order valence-electron chi connectivity index (χ1n) is 7.07. The van der Waals surface area contributed by atoms with E-state index in [1.807, 2.05) is 0 Å². The molecule has 94 valence electrons. The number of hydrogen-bond donors (Lipinski definition) is 1. The summed E-state index contributed by atoms with van der Waals surface area (Å²) in [6.07, 6.45) is 6.94. The highest BCUT2D eigenvalue weighted by molar-refractivity contribution is 4.81. The van der Waals surface area contributed by atoms with Crippen molar-refractivity contribution < 1.29 is 4.74 Å². The molecule has 3 unspecified atom stereocenters. The average Bonchev–Trinajstić information content (AvgIpc) is 3.06. The van der Waals surface area contributed by atoms with Crippen molar-refractivity contribution in [1.82, 2.24) is 5.32 Å². The normalized spacial score (nSPS) is 35.2. The van der Waals surface area contributed by atoms with E-state index in [2.05, 4.69) is 19.2 Å². The van der Waals surface area contributed by atoms with E-state index in [0.717, 1.165) is 43.6 Å². The van der Waals surface area contributed by atoms with E-state index in [-0.39, 0.29) is 0 Å². The van der Waals surface area contributed by atoms with Crippen molar-refractivity contribution in [2.75, 3.05) is 19.8 Å². The van der Waals surface area contributed by atoms with Gasteiger partial charge in [-0.2, -0.15) is 0 Å². The van der Waals surface area contributed by atoms with Crippen molar-refractivity contribution in [3.63, 3.8) is 0 Å². The molecular weight excluding hydrogens is 198 g/mol. The standard InChI is InChI=1S/C14H27NO/c1-11-3-4-12(2)14(9-11)15-7-8-16-10-13-5-6-13/h11-15H,3-10H2,1-2H3. The zero-order chi connectivity index (χ0) is 11.4. The van der Waals surface area contributed by atoms with Crippen molar-refractivity contribution in [2.24, 2.45) is 17.8 Å². The molecule has 0 aliphatic heterocycles. The second-order valence-corrected chi connectivity index (χ2v) is 5.97. The zero-order valence-corrected chi connectivity index (χ0v) is 10.9. The summed E-state index contributed by atoms with van der Waals surface area (Å²) in [5.74, 6) is 2.65. The summed E-state index contributed by atoms with van der Waals surface area (Å²) >= 11 is 0. The van der Waals surface area contributed by atoms with Crippen LogP contribution in [0.2, 0.25) is 0 Å². The van der Waals surface area contributed by atoms with Crippen LogP contribution in [0.25, 0.3) is 0 Å². The Labute approximate surface area is 100 Å². The largest absolute Gasteiger partial charge is 0.380 e. The lowest BCUT2D eigenvalue weighted by Crippen LogP contribution is -2.41. The van der Waals surface area contributed by atoms with Gasteiger partial charge in [0.25, 0.3) is 0 Å². The van der Waals surface area contributed by atoms with E-state index < -0.39 is 0 Å². The maximum Gasteiger partial charge on any atom is 0.0591 e. The summed E-state index contributed by atoms with van der Waals surface area (Å²) in [7, 11) is 0. The van der Waals surface area contributed by atoms with Crippen molar-refractivity contribution in [1.29, 1.82) is 0 Å². The first kappa shape index (κ1) is 12.4. The molecule has 2 fully saturated rings. The molecule has 0 aromatic heterocycles. The van der Waals surface area contributed by atoms with E-state index >= 15 is 0 Å². The predicted octanol–water partition coefficient (Wildman–Crippen LogP) is 2.83. The summed E-state index contributed by atoms with van der Waals surface area (Å²) in [4.78, 5) is 0. The molecule has 0 heterocycles. The first-order chi connectivity index (χ1) is 7.75. The molecule has 0 amide bonds. The van der Waals surface area contributed by atoms with E-state index in [4.69, 9.17) is 4.74 Å². The van der Waals surface area contributed by atoms with Crippen LogP contribution >= 0.6 is 0 Å². The Kier molecular flexibility index (Phi) is 4.66. The van der Waals surface area contributed by atoms with Gasteiger partial charge in [0.05, 0.1) is 6.61 Å². The van der Waals surface area contributed by atoms with Crippen LogP contribution in [-0.4, -0.2) is 25.8 Å². The molecule has 2 saturated carbocycles. The average molecular weight is 225 g/mol. The third-order valence-corrected chi connectivity index (χ3v) is 4.16. The Hall–Kier alpha value is -0.0800. The Morgan fingerprint density at radius 3 is 2.69 bits per heavy atom. The molecule has 2 aliphatic carbocycles. The molecule has 2 nitrogen and oxygen atoms in total. The molecule has 0 aromatic rings. The van der Waals surface area contributed by atoms with E-state index in [1.165, 1.54) is 32.1 Å². The fourth-order valence-corrected chi connectivity index (χ4v) is 2.67. The summed E-state index contributed by atoms with van der Waals surface area (Å²) in [6, 6.07) is 0.730. The van der Waals surface area contributed by atoms with Crippen LogP contribution in [-0.2, 0) is 4.74 Å². The summed E-state index contributed by atoms with van der Waals surface area (Å²) in [5.41, 5.74) is 0. The van der Waals surface area contributed by atoms with Crippen LogP contribution in [0.1, 0.15) is 46.0 Å². The molecule has 3 atom stereocenters.